The van der Waals surface area contributed by atoms with Crippen LogP contribution in [-0.4, -0.2) is 24.1 Å². The zero-order chi connectivity index (χ0) is 12.0. The molecule has 1 rings (SSSR count). The molecular formula is C10H11NO5. The molecule has 0 radical (unpaired) electrons. The van der Waals surface area contributed by atoms with Crippen LogP contribution in [0.3, 0.4) is 0 Å². The fourth-order valence-electron chi connectivity index (χ4n) is 1.03. The lowest BCUT2D eigenvalue weighted by Gasteiger charge is -2.04. The Hall–Kier alpha value is -1.95. The Morgan fingerprint density at radius 1 is 1.44 bits per heavy atom. The van der Waals surface area contributed by atoms with Crippen LogP contribution in [-0.2, 0) is 9.53 Å². The molecule has 0 fully saturated rings. The quantitative estimate of drug-likeness (QED) is 0.328. The molecule has 16 heavy (non-hydrogen) atoms. The molecule has 0 spiro atoms. The van der Waals surface area contributed by atoms with Gasteiger partial charge >= 0.3 is 11.7 Å². The molecule has 0 saturated carbocycles. The van der Waals surface area contributed by atoms with Crippen LogP contribution in [0.2, 0.25) is 0 Å². The van der Waals surface area contributed by atoms with E-state index in [4.69, 9.17) is 9.47 Å². The van der Waals surface area contributed by atoms with Crippen molar-refractivity contribution in [3.63, 3.8) is 0 Å². The third kappa shape index (κ3) is 3.32. The molecule has 0 atom stereocenters. The van der Waals surface area contributed by atoms with Gasteiger partial charge in [-0.2, -0.15) is 0 Å². The zero-order valence-corrected chi connectivity index (χ0v) is 8.71. The number of nitro groups is 1. The van der Waals surface area contributed by atoms with Gasteiger partial charge in [-0.1, -0.05) is 12.1 Å². The number of benzene rings is 1. The SMILES string of the molecule is CCOCC(=O)Oc1ccccc1[N+](=O)[O-]. The number of carbonyl (C=O) groups is 1. The summed E-state index contributed by atoms with van der Waals surface area (Å²) in [6.07, 6.45) is 0. The summed E-state index contributed by atoms with van der Waals surface area (Å²) in [5, 5.41) is 10.6. The second kappa shape index (κ2) is 5.82. The van der Waals surface area contributed by atoms with Gasteiger partial charge in [-0.25, -0.2) is 4.79 Å². The molecular weight excluding hydrogens is 214 g/mol. The van der Waals surface area contributed by atoms with E-state index in [9.17, 15) is 14.9 Å². The highest BCUT2D eigenvalue weighted by Crippen LogP contribution is 2.25. The summed E-state index contributed by atoms with van der Waals surface area (Å²) in [6.45, 7) is 1.90. The molecule has 0 heterocycles. The van der Waals surface area contributed by atoms with Gasteiger partial charge in [0, 0.05) is 12.7 Å². The summed E-state index contributed by atoms with van der Waals surface area (Å²) in [4.78, 5) is 21.2. The van der Waals surface area contributed by atoms with Crippen LogP contribution in [0.25, 0.3) is 0 Å². The van der Waals surface area contributed by atoms with Crippen molar-refractivity contribution >= 4 is 11.7 Å². The number of hydrogen-bond donors (Lipinski definition) is 0. The normalized spacial score (nSPS) is 9.81. The molecule has 0 unspecified atom stereocenters. The van der Waals surface area contributed by atoms with Crippen molar-refractivity contribution in [1.29, 1.82) is 0 Å². The summed E-state index contributed by atoms with van der Waals surface area (Å²) in [7, 11) is 0. The lowest BCUT2D eigenvalue weighted by atomic mass is 10.3. The monoisotopic (exact) mass is 225 g/mol. The van der Waals surface area contributed by atoms with E-state index in [1.807, 2.05) is 0 Å². The zero-order valence-electron chi connectivity index (χ0n) is 8.71. The highest BCUT2D eigenvalue weighted by atomic mass is 16.6. The number of hydrogen-bond acceptors (Lipinski definition) is 5. The highest BCUT2D eigenvalue weighted by molar-refractivity contribution is 5.74. The molecule has 86 valence electrons. The van der Waals surface area contributed by atoms with E-state index in [1.54, 1.807) is 13.0 Å². The first-order chi connectivity index (χ1) is 7.65. The molecule has 0 N–H and O–H groups in total. The molecule has 0 bridgehead atoms. The smallest absolute Gasteiger partial charge is 0.337 e. The van der Waals surface area contributed by atoms with Crippen LogP contribution in [0.1, 0.15) is 6.92 Å². The minimum Gasteiger partial charge on any atom is -0.417 e. The molecule has 6 nitrogen and oxygen atoms in total. The van der Waals surface area contributed by atoms with Crippen molar-refractivity contribution in [1.82, 2.24) is 0 Å². The summed E-state index contributed by atoms with van der Waals surface area (Å²) < 4.78 is 9.63. The van der Waals surface area contributed by atoms with Crippen LogP contribution in [0, 0.1) is 10.1 Å². The predicted octanol–water partition coefficient (Wildman–Crippen LogP) is 1.54. The Balaban J connectivity index is 2.73. The molecule has 1 aromatic rings. The van der Waals surface area contributed by atoms with Gasteiger partial charge in [-0.3, -0.25) is 10.1 Å². The summed E-state index contributed by atoms with van der Waals surface area (Å²) in [5.74, 6) is -0.728. The van der Waals surface area contributed by atoms with Gasteiger partial charge < -0.3 is 9.47 Å². The number of para-hydroxylation sites is 2. The predicted molar refractivity (Wildman–Crippen MR) is 55.2 cm³/mol. The number of ether oxygens (including phenoxy) is 2. The standard InChI is InChI=1S/C10H11NO5/c1-2-15-7-10(12)16-9-6-4-3-5-8(9)11(13)14/h3-6H,2,7H2,1H3. The number of nitrogens with zero attached hydrogens (tertiary/aromatic N) is 1. The fourth-order valence-corrected chi connectivity index (χ4v) is 1.03. The van der Waals surface area contributed by atoms with Gasteiger partial charge in [-0.15, -0.1) is 0 Å². The molecule has 0 aliphatic rings. The molecule has 0 aromatic heterocycles. The van der Waals surface area contributed by atoms with Gasteiger partial charge in [0.1, 0.15) is 6.61 Å². The van der Waals surface area contributed by atoms with Crippen LogP contribution in [0.5, 0.6) is 5.75 Å². The Morgan fingerprint density at radius 3 is 2.75 bits per heavy atom. The molecule has 1 aromatic carbocycles. The number of esters is 1. The van der Waals surface area contributed by atoms with E-state index in [-0.39, 0.29) is 18.0 Å². The van der Waals surface area contributed by atoms with Crippen LogP contribution >= 0.6 is 0 Å². The van der Waals surface area contributed by atoms with E-state index in [0.29, 0.717) is 6.61 Å². The Kier molecular flexibility index (Phi) is 4.41. The maximum atomic E-state index is 11.2. The topological polar surface area (TPSA) is 78.7 Å². The van der Waals surface area contributed by atoms with Crippen LogP contribution in [0.4, 0.5) is 5.69 Å². The lowest BCUT2D eigenvalue weighted by molar-refractivity contribution is -0.385. The molecule has 0 saturated heterocycles. The van der Waals surface area contributed by atoms with Gasteiger partial charge in [-0.05, 0) is 13.0 Å². The summed E-state index contributed by atoms with van der Waals surface area (Å²) >= 11 is 0. The Morgan fingerprint density at radius 2 is 2.12 bits per heavy atom. The minimum absolute atomic E-state index is 0.0720. The molecule has 0 aliphatic carbocycles. The van der Waals surface area contributed by atoms with E-state index in [0.717, 1.165) is 0 Å². The first kappa shape index (κ1) is 12.1. The largest absolute Gasteiger partial charge is 0.417 e. The molecule has 0 amide bonds. The second-order valence-corrected chi connectivity index (χ2v) is 2.84. The van der Waals surface area contributed by atoms with Gasteiger partial charge in [0.2, 0.25) is 5.75 Å². The second-order valence-electron chi connectivity index (χ2n) is 2.84. The average molecular weight is 225 g/mol. The maximum Gasteiger partial charge on any atom is 0.337 e. The fraction of sp³-hybridized carbons (Fsp3) is 0.300. The number of rotatable bonds is 5. The van der Waals surface area contributed by atoms with Crippen molar-refractivity contribution in [2.75, 3.05) is 13.2 Å². The summed E-state index contributed by atoms with van der Waals surface area (Å²) in [6, 6.07) is 5.68. The van der Waals surface area contributed by atoms with Crippen molar-refractivity contribution < 1.29 is 19.2 Å². The van der Waals surface area contributed by atoms with E-state index in [1.165, 1.54) is 18.2 Å². The van der Waals surface area contributed by atoms with E-state index in [2.05, 4.69) is 0 Å². The number of nitro benzene ring substituents is 1. The van der Waals surface area contributed by atoms with E-state index < -0.39 is 10.9 Å². The van der Waals surface area contributed by atoms with Crippen LogP contribution < -0.4 is 4.74 Å². The van der Waals surface area contributed by atoms with Crippen molar-refractivity contribution in [3.05, 3.63) is 34.4 Å². The van der Waals surface area contributed by atoms with Crippen molar-refractivity contribution in [3.8, 4) is 5.75 Å². The third-order valence-electron chi connectivity index (χ3n) is 1.71. The van der Waals surface area contributed by atoms with Gasteiger partial charge in [0.25, 0.3) is 0 Å². The summed E-state index contributed by atoms with van der Waals surface area (Å²) in [5.41, 5.74) is -0.243. The van der Waals surface area contributed by atoms with Crippen LogP contribution in [0.15, 0.2) is 24.3 Å². The third-order valence-corrected chi connectivity index (χ3v) is 1.71. The van der Waals surface area contributed by atoms with E-state index >= 15 is 0 Å². The molecule has 6 heteroatoms. The first-order valence-corrected chi connectivity index (χ1v) is 4.67. The Labute approximate surface area is 91.9 Å². The number of carbonyl (C=O) groups excluding carboxylic acids is 1. The molecule has 0 aliphatic heterocycles. The highest BCUT2D eigenvalue weighted by Gasteiger charge is 2.16. The van der Waals surface area contributed by atoms with Gasteiger partial charge in [0.05, 0.1) is 4.92 Å². The van der Waals surface area contributed by atoms with Crippen molar-refractivity contribution in [2.45, 2.75) is 6.92 Å². The maximum absolute atomic E-state index is 11.2. The van der Waals surface area contributed by atoms with Gasteiger partial charge in [0.15, 0.2) is 0 Å². The van der Waals surface area contributed by atoms with Crippen molar-refractivity contribution in [2.24, 2.45) is 0 Å². The minimum atomic E-state index is -0.656. The Bertz CT molecular complexity index is 391. The lowest BCUT2D eigenvalue weighted by Crippen LogP contribution is -2.16. The average Bonchev–Trinajstić information content (AvgIpc) is 2.27. The first-order valence-electron chi connectivity index (χ1n) is 4.67.